The number of methoxy groups -OCH3 is 1. The summed E-state index contributed by atoms with van der Waals surface area (Å²) in [6.07, 6.45) is -0.868. The summed E-state index contributed by atoms with van der Waals surface area (Å²) < 4.78 is 10.6. The van der Waals surface area contributed by atoms with Crippen molar-refractivity contribution in [3.63, 3.8) is 0 Å². The Morgan fingerprint density at radius 3 is 2.50 bits per heavy atom. The minimum atomic E-state index is -1.06. The minimum Gasteiger partial charge on any atom is -0.497 e. The maximum absolute atomic E-state index is 11.4. The average molecular weight is 341 g/mol. The Balaban J connectivity index is 2.15. The number of hydrogen-bond donors (Lipinski definition) is 1. The highest BCUT2D eigenvalue weighted by molar-refractivity contribution is 6.42. The highest BCUT2D eigenvalue weighted by atomic mass is 35.5. The van der Waals surface area contributed by atoms with Gasteiger partial charge in [0.05, 0.1) is 17.2 Å². The topological polar surface area (TPSA) is 55.8 Å². The third-order valence-electron chi connectivity index (χ3n) is 3.00. The second-order valence-corrected chi connectivity index (χ2v) is 5.39. The zero-order valence-corrected chi connectivity index (χ0v) is 13.3. The van der Waals surface area contributed by atoms with Crippen molar-refractivity contribution in [2.45, 2.75) is 12.5 Å². The molecule has 0 radical (unpaired) electrons. The van der Waals surface area contributed by atoms with E-state index in [1.54, 1.807) is 42.5 Å². The molecule has 0 bridgehead atoms. The van der Waals surface area contributed by atoms with Gasteiger partial charge < -0.3 is 14.6 Å². The summed E-state index contributed by atoms with van der Waals surface area (Å²) in [4.78, 5) is 11.4. The van der Waals surface area contributed by atoms with Crippen LogP contribution in [0.15, 0.2) is 42.5 Å². The van der Waals surface area contributed by atoms with Crippen molar-refractivity contribution in [2.24, 2.45) is 0 Å². The van der Waals surface area contributed by atoms with Crippen LogP contribution in [0.25, 0.3) is 0 Å². The van der Waals surface area contributed by atoms with Gasteiger partial charge in [-0.1, -0.05) is 35.3 Å². The summed E-state index contributed by atoms with van der Waals surface area (Å²) in [6, 6.07) is 11.8. The summed E-state index contributed by atoms with van der Waals surface area (Å²) in [6.45, 7) is 0. The highest BCUT2D eigenvalue weighted by Crippen LogP contribution is 2.25. The van der Waals surface area contributed by atoms with E-state index in [2.05, 4.69) is 0 Å². The normalized spacial score (nSPS) is 11.8. The van der Waals surface area contributed by atoms with Gasteiger partial charge in [0, 0.05) is 12.5 Å². The van der Waals surface area contributed by atoms with Gasteiger partial charge in [-0.25, -0.2) is 4.79 Å². The predicted octanol–water partition coefficient (Wildman–Crippen LogP) is 4.08. The largest absolute Gasteiger partial charge is 0.497 e. The van der Waals surface area contributed by atoms with Crippen LogP contribution in [0, 0.1) is 0 Å². The molecule has 0 spiro atoms. The molecule has 4 nitrogen and oxygen atoms in total. The van der Waals surface area contributed by atoms with Crippen molar-refractivity contribution in [1.29, 1.82) is 0 Å². The van der Waals surface area contributed by atoms with Crippen LogP contribution in [-0.4, -0.2) is 24.3 Å². The first-order valence-corrected chi connectivity index (χ1v) is 7.22. The van der Waals surface area contributed by atoms with Crippen molar-refractivity contribution >= 4 is 29.2 Å². The molecule has 22 heavy (non-hydrogen) atoms. The fourth-order valence-corrected chi connectivity index (χ4v) is 2.22. The van der Waals surface area contributed by atoms with E-state index in [9.17, 15) is 9.90 Å². The van der Waals surface area contributed by atoms with E-state index in [1.165, 1.54) is 7.11 Å². The summed E-state index contributed by atoms with van der Waals surface area (Å²) in [5, 5.41) is 10.1. The van der Waals surface area contributed by atoms with Crippen LogP contribution in [-0.2, 0) is 11.2 Å². The molecule has 2 rings (SSSR count). The number of carbonyl (C=O) groups is 1. The Bertz CT molecular complexity index is 673. The van der Waals surface area contributed by atoms with Crippen LogP contribution < -0.4 is 9.47 Å². The lowest BCUT2D eigenvalue weighted by Gasteiger charge is -2.16. The highest BCUT2D eigenvalue weighted by Gasteiger charge is 2.20. The molecule has 0 aliphatic heterocycles. The number of hydrogen-bond acceptors (Lipinski definition) is 3. The first-order chi connectivity index (χ1) is 10.5. The maximum Gasteiger partial charge on any atom is 0.345 e. The monoisotopic (exact) mass is 340 g/mol. The van der Waals surface area contributed by atoms with E-state index in [0.29, 0.717) is 21.5 Å². The van der Waals surface area contributed by atoms with Crippen molar-refractivity contribution in [3.05, 3.63) is 58.1 Å². The van der Waals surface area contributed by atoms with Crippen LogP contribution in [0.4, 0.5) is 0 Å². The van der Waals surface area contributed by atoms with E-state index < -0.39 is 12.1 Å². The lowest BCUT2D eigenvalue weighted by Crippen LogP contribution is -2.29. The van der Waals surface area contributed by atoms with Gasteiger partial charge in [0.25, 0.3) is 0 Å². The van der Waals surface area contributed by atoms with Gasteiger partial charge in [-0.15, -0.1) is 0 Å². The van der Waals surface area contributed by atoms with Gasteiger partial charge in [0.15, 0.2) is 6.10 Å². The van der Waals surface area contributed by atoms with Gasteiger partial charge in [0.2, 0.25) is 0 Å². The molecule has 1 N–H and O–H groups in total. The van der Waals surface area contributed by atoms with Crippen LogP contribution in [0.1, 0.15) is 5.56 Å². The van der Waals surface area contributed by atoms with Gasteiger partial charge >= 0.3 is 5.97 Å². The van der Waals surface area contributed by atoms with Gasteiger partial charge in [-0.05, 0) is 29.8 Å². The summed E-state index contributed by atoms with van der Waals surface area (Å²) in [7, 11) is 1.53. The third-order valence-corrected chi connectivity index (χ3v) is 3.74. The predicted molar refractivity (Wildman–Crippen MR) is 85.2 cm³/mol. The number of benzene rings is 2. The average Bonchev–Trinajstić information content (AvgIpc) is 2.50. The molecule has 0 amide bonds. The molecular formula is C16H14Cl2O4. The molecule has 2 aromatic carbocycles. The number of ether oxygens (including phenoxy) is 2. The fraction of sp³-hybridized carbons (Fsp3) is 0.188. The Morgan fingerprint density at radius 2 is 1.86 bits per heavy atom. The molecule has 0 heterocycles. The minimum absolute atomic E-state index is 0.170. The first kappa shape index (κ1) is 16.5. The summed E-state index contributed by atoms with van der Waals surface area (Å²) in [5.74, 6) is -0.0446. The van der Waals surface area contributed by atoms with Crippen LogP contribution in [0.3, 0.4) is 0 Å². The lowest BCUT2D eigenvalue weighted by molar-refractivity contribution is -0.145. The zero-order valence-electron chi connectivity index (χ0n) is 11.8. The third kappa shape index (κ3) is 4.29. The SMILES string of the molecule is COc1cccc(O[C@@H](Cc2ccc(Cl)c(Cl)c2)C(=O)O)c1. The van der Waals surface area contributed by atoms with Crippen LogP contribution in [0.2, 0.25) is 10.0 Å². The number of aliphatic carboxylic acids is 1. The van der Waals surface area contributed by atoms with Crippen molar-refractivity contribution in [3.8, 4) is 11.5 Å². The summed E-state index contributed by atoms with van der Waals surface area (Å²) in [5.41, 5.74) is 0.727. The number of carboxylic acids is 1. The molecule has 0 fully saturated rings. The number of rotatable bonds is 6. The molecule has 2 aromatic rings. The van der Waals surface area contributed by atoms with E-state index in [4.69, 9.17) is 32.7 Å². The van der Waals surface area contributed by atoms with E-state index in [1.807, 2.05) is 0 Å². The van der Waals surface area contributed by atoms with Crippen LogP contribution in [0.5, 0.6) is 11.5 Å². The molecule has 116 valence electrons. The molecule has 0 saturated carbocycles. The van der Waals surface area contributed by atoms with Gasteiger partial charge in [-0.3, -0.25) is 0 Å². The molecule has 0 aliphatic rings. The quantitative estimate of drug-likeness (QED) is 0.860. The smallest absolute Gasteiger partial charge is 0.345 e. The summed E-state index contributed by atoms with van der Waals surface area (Å²) >= 11 is 11.8. The second-order valence-electron chi connectivity index (χ2n) is 4.58. The van der Waals surface area contributed by atoms with E-state index in [-0.39, 0.29) is 6.42 Å². The van der Waals surface area contributed by atoms with Crippen molar-refractivity contribution < 1.29 is 19.4 Å². The Kier molecular flexibility index (Phi) is 5.52. The van der Waals surface area contributed by atoms with Crippen molar-refractivity contribution in [1.82, 2.24) is 0 Å². The zero-order chi connectivity index (χ0) is 16.1. The Labute approximate surface area is 138 Å². The molecule has 6 heteroatoms. The molecule has 0 unspecified atom stereocenters. The molecule has 0 aromatic heterocycles. The number of halogens is 2. The lowest BCUT2D eigenvalue weighted by atomic mass is 10.1. The van der Waals surface area contributed by atoms with Gasteiger partial charge in [-0.2, -0.15) is 0 Å². The molecular weight excluding hydrogens is 327 g/mol. The first-order valence-electron chi connectivity index (χ1n) is 6.47. The Morgan fingerprint density at radius 1 is 1.14 bits per heavy atom. The van der Waals surface area contributed by atoms with Crippen LogP contribution >= 0.6 is 23.2 Å². The molecule has 0 saturated heterocycles. The maximum atomic E-state index is 11.4. The second kappa shape index (κ2) is 7.38. The molecule has 0 aliphatic carbocycles. The standard InChI is InChI=1S/C16H14Cl2O4/c1-21-11-3-2-4-12(9-11)22-15(16(19)20)8-10-5-6-13(17)14(18)7-10/h2-7,9,15H,8H2,1H3,(H,19,20)/t15-/m0/s1. The van der Waals surface area contributed by atoms with Crippen molar-refractivity contribution in [2.75, 3.05) is 7.11 Å². The van der Waals surface area contributed by atoms with E-state index >= 15 is 0 Å². The van der Waals surface area contributed by atoms with E-state index in [0.717, 1.165) is 5.56 Å². The Hall–Kier alpha value is -1.91. The number of carboxylic acid groups (broad SMARTS) is 1. The van der Waals surface area contributed by atoms with Gasteiger partial charge in [0.1, 0.15) is 11.5 Å². The fourth-order valence-electron chi connectivity index (χ4n) is 1.90. The molecule has 1 atom stereocenters.